The highest BCUT2D eigenvalue weighted by molar-refractivity contribution is 7.93. The lowest BCUT2D eigenvalue weighted by molar-refractivity contribution is 0.102. The van der Waals surface area contributed by atoms with E-state index in [1.54, 1.807) is 18.2 Å². The molecule has 0 radical (unpaired) electrons. The molecule has 0 bridgehead atoms. The zero-order valence-corrected chi connectivity index (χ0v) is 22.1. The number of anilines is 2. The van der Waals surface area contributed by atoms with E-state index in [4.69, 9.17) is 0 Å². The van der Waals surface area contributed by atoms with Crippen molar-refractivity contribution in [1.29, 1.82) is 0 Å². The quantitative estimate of drug-likeness (QED) is 0.504. The molecule has 2 aliphatic heterocycles. The highest BCUT2D eigenvalue weighted by atomic mass is 32.2. The van der Waals surface area contributed by atoms with Crippen LogP contribution >= 0.6 is 0 Å². The average Bonchev–Trinajstić information content (AvgIpc) is 3.26. The molecule has 8 nitrogen and oxygen atoms in total. The molecule has 1 fully saturated rings. The van der Waals surface area contributed by atoms with Crippen molar-refractivity contribution in [2.24, 2.45) is 0 Å². The number of amides is 1. The molecule has 1 atom stereocenters. The fourth-order valence-corrected chi connectivity index (χ4v) is 8.31. The highest BCUT2D eigenvalue weighted by Crippen LogP contribution is 2.36. The number of carbonyl (C=O) groups is 1. The standard InChI is InChI=1S/C27H29N3O5S2/c1-20-17-21-9-3-4-14-26(21)30(20)37(34,35)24-12-7-10-22(18-24)27(31)28-23-11-8-13-25(19-23)36(32,33)29-15-5-2-6-16-29/h3-4,7-14,18-20H,2,5-6,15-17H2,1H3,(H,28,31). The van der Waals surface area contributed by atoms with Gasteiger partial charge >= 0.3 is 0 Å². The molecule has 0 aromatic heterocycles. The Bertz CT molecular complexity index is 1550. The van der Waals surface area contributed by atoms with Crippen LogP contribution in [0, 0.1) is 0 Å². The summed E-state index contributed by atoms with van der Waals surface area (Å²) in [4.78, 5) is 13.2. The summed E-state index contributed by atoms with van der Waals surface area (Å²) in [6, 6.07) is 19.2. The number of sulfonamides is 2. The predicted molar refractivity (Wildman–Crippen MR) is 143 cm³/mol. The number of nitrogens with zero attached hydrogens (tertiary/aromatic N) is 2. The first-order valence-electron chi connectivity index (χ1n) is 12.3. The van der Waals surface area contributed by atoms with Crippen LogP contribution < -0.4 is 9.62 Å². The normalized spacial score (nSPS) is 18.4. The number of benzene rings is 3. The average molecular weight is 540 g/mol. The Kier molecular flexibility index (Phi) is 6.82. The lowest BCUT2D eigenvalue weighted by Crippen LogP contribution is -2.35. The van der Waals surface area contributed by atoms with Crippen LogP contribution in [-0.2, 0) is 26.5 Å². The van der Waals surface area contributed by atoms with Gasteiger partial charge in [-0.3, -0.25) is 9.10 Å². The van der Waals surface area contributed by atoms with Crippen LogP contribution in [0.5, 0.6) is 0 Å². The number of nitrogens with one attached hydrogen (secondary N) is 1. The van der Waals surface area contributed by atoms with Crippen LogP contribution in [0.2, 0.25) is 0 Å². The van der Waals surface area contributed by atoms with E-state index in [9.17, 15) is 21.6 Å². The number of fused-ring (bicyclic) bond motifs is 1. The molecule has 37 heavy (non-hydrogen) atoms. The third-order valence-corrected chi connectivity index (χ3v) is 10.7. The van der Waals surface area contributed by atoms with Gasteiger partial charge in [0.25, 0.3) is 15.9 Å². The van der Waals surface area contributed by atoms with E-state index in [2.05, 4.69) is 5.32 Å². The molecule has 194 valence electrons. The van der Waals surface area contributed by atoms with Gasteiger partial charge in [0.1, 0.15) is 0 Å². The molecule has 3 aromatic rings. The molecule has 2 aliphatic rings. The number of hydrogen-bond donors (Lipinski definition) is 1. The second-order valence-electron chi connectivity index (χ2n) is 9.46. The van der Waals surface area contributed by atoms with Crippen molar-refractivity contribution in [3.8, 4) is 0 Å². The summed E-state index contributed by atoms with van der Waals surface area (Å²) in [6.07, 6.45) is 3.29. The minimum atomic E-state index is -3.90. The van der Waals surface area contributed by atoms with Gasteiger partial charge in [0, 0.05) is 30.4 Å². The van der Waals surface area contributed by atoms with Crippen LogP contribution in [0.1, 0.15) is 42.1 Å². The number of rotatable bonds is 6. The van der Waals surface area contributed by atoms with Gasteiger partial charge in [-0.05, 0) is 74.2 Å². The fraction of sp³-hybridized carbons (Fsp3) is 0.296. The molecule has 2 heterocycles. The third kappa shape index (κ3) is 4.88. The Balaban J connectivity index is 1.38. The number of carbonyl (C=O) groups excluding carboxylic acids is 1. The van der Waals surface area contributed by atoms with Crippen molar-refractivity contribution in [1.82, 2.24) is 4.31 Å². The molecule has 10 heteroatoms. The van der Waals surface area contributed by atoms with Crippen LogP contribution in [0.25, 0.3) is 0 Å². The van der Waals surface area contributed by atoms with Crippen LogP contribution in [0.15, 0.2) is 82.6 Å². The fourth-order valence-electron chi connectivity index (χ4n) is 5.01. The number of hydrogen-bond acceptors (Lipinski definition) is 5. The van der Waals surface area contributed by atoms with Gasteiger partial charge in [-0.25, -0.2) is 16.8 Å². The summed E-state index contributed by atoms with van der Waals surface area (Å²) >= 11 is 0. The largest absolute Gasteiger partial charge is 0.322 e. The highest BCUT2D eigenvalue weighted by Gasteiger charge is 2.36. The summed E-state index contributed by atoms with van der Waals surface area (Å²) in [6.45, 7) is 2.83. The summed E-state index contributed by atoms with van der Waals surface area (Å²) in [5.74, 6) is -0.528. The van der Waals surface area contributed by atoms with Crippen LogP contribution in [-0.4, -0.2) is 46.2 Å². The van der Waals surface area contributed by atoms with Crippen LogP contribution in [0.4, 0.5) is 11.4 Å². The van der Waals surface area contributed by atoms with Crippen molar-refractivity contribution in [3.63, 3.8) is 0 Å². The number of piperidine rings is 1. The molecule has 1 N–H and O–H groups in total. The van der Waals surface area contributed by atoms with Crippen molar-refractivity contribution in [2.45, 2.75) is 48.4 Å². The molecule has 3 aromatic carbocycles. The first-order valence-corrected chi connectivity index (χ1v) is 15.2. The van der Waals surface area contributed by atoms with E-state index in [0.717, 1.165) is 24.8 Å². The zero-order valence-electron chi connectivity index (χ0n) is 20.5. The smallest absolute Gasteiger partial charge is 0.264 e. The van der Waals surface area contributed by atoms with E-state index in [1.165, 1.54) is 45.0 Å². The first-order chi connectivity index (χ1) is 17.7. The van der Waals surface area contributed by atoms with E-state index in [0.29, 0.717) is 30.9 Å². The Morgan fingerprint density at radius 3 is 2.24 bits per heavy atom. The van der Waals surface area contributed by atoms with Gasteiger partial charge in [0.05, 0.1) is 15.5 Å². The minimum Gasteiger partial charge on any atom is -0.322 e. The molecule has 0 spiro atoms. The number of para-hydroxylation sites is 1. The Hall–Kier alpha value is -3.21. The maximum atomic E-state index is 13.6. The first kappa shape index (κ1) is 25.4. The summed E-state index contributed by atoms with van der Waals surface area (Å²) in [7, 11) is -7.55. The zero-order chi connectivity index (χ0) is 26.2. The van der Waals surface area contributed by atoms with Gasteiger partial charge in [-0.2, -0.15) is 4.31 Å². The lowest BCUT2D eigenvalue weighted by Gasteiger charge is -2.26. The molecule has 1 saturated heterocycles. The molecular formula is C27H29N3O5S2. The van der Waals surface area contributed by atoms with E-state index in [1.807, 2.05) is 25.1 Å². The van der Waals surface area contributed by atoms with Crippen molar-refractivity contribution < 1.29 is 21.6 Å². The molecule has 5 rings (SSSR count). The second-order valence-corrected chi connectivity index (χ2v) is 13.2. The van der Waals surface area contributed by atoms with E-state index in [-0.39, 0.29) is 21.4 Å². The van der Waals surface area contributed by atoms with E-state index >= 15 is 0 Å². The Labute approximate surface area is 218 Å². The van der Waals surface area contributed by atoms with Crippen molar-refractivity contribution in [3.05, 3.63) is 83.9 Å². The monoisotopic (exact) mass is 539 g/mol. The minimum absolute atomic E-state index is 0.0186. The lowest BCUT2D eigenvalue weighted by atomic mass is 10.1. The molecule has 1 unspecified atom stereocenters. The van der Waals surface area contributed by atoms with Gasteiger partial charge in [0.2, 0.25) is 10.0 Å². The second kappa shape index (κ2) is 9.92. The van der Waals surface area contributed by atoms with Gasteiger partial charge in [-0.15, -0.1) is 0 Å². The van der Waals surface area contributed by atoms with E-state index < -0.39 is 26.0 Å². The molecular weight excluding hydrogens is 510 g/mol. The Morgan fingerprint density at radius 1 is 0.811 bits per heavy atom. The maximum Gasteiger partial charge on any atom is 0.264 e. The molecule has 1 amide bonds. The Morgan fingerprint density at radius 2 is 1.49 bits per heavy atom. The summed E-state index contributed by atoms with van der Waals surface area (Å²) in [5, 5.41) is 2.72. The SMILES string of the molecule is CC1Cc2ccccc2N1S(=O)(=O)c1cccc(C(=O)Nc2cccc(S(=O)(=O)N3CCCCC3)c2)c1. The van der Waals surface area contributed by atoms with Gasteiger partial charge < -0.3 is 5.32 Å². The van der Waals surface area contributed by atoms with Crippen molar-refractivity contribution in [2.75, 3.05) is 22.7 Å². The topological polar surface area (TPSA) is 104 Å². The van der Waals surface area contributed by atoms with Gasteiger partial charge in [-0.1, -0.05) is 36.8 Å². The maximum absolute atomic E-state index is 13.6. The molecule has 0 aliphatic carbocycles. The predicted octanol–water partition coefficient (Wildman–Crippen LogP) is 4.25. The van der Waals surface area contributed by atoms with Gasteiger partial charge in [0.15, 0.2) is 0 Å². The van der Waals surface area contributed by atoms with Crippen molar-refractivity contribution >= 4 is 37.3 Å². The summed E-state index contributed by atoms with van der Waals surface area (Å²) in [5.41, 5.74) is 2.09. The third-order valence-electron chi connectivity index (χ3n) is 6.84. The summed E-state index contributed by atoms with van der Waals surface area (Å²) < 4.78 is 56.1. The van der Waals surface area contributed by atoms with Crippen LogP contribution in [0.3, 0.4) is 0 Å². The molecule has 0 saturated carbocycles.